The van der Waals surface area contributed by atoms with Gasteiger partial charge in [-0.05, 0) is 40.4 Å². The summed E-state index contributed by atoms with van der Waals surface area (Å²) in [6, 6.07) is 3.94. The molecule has 16 heavy (non-hydrogen) atoms. The Labute approximate surface area is 106 Å². The van der Waals surface area contributed by atoms with Gasteiger partial charge >= 0.3 is 0 Å². The van der Waals surface area contributed by atoms with Crippen LogP contribution in [-0.4, -0.2) is 10.8 Å². The van der Waals surface area contributed by atoms with Crippen LogP contribution in [0.1, 0.15) is 28.9 Å². The second kappa shape index (κ2) is 3.60. The van der Waals surface area contributed by atoms with E-state index in [1.54, 1.807) is 0 Å². The van der Waals surface area contributed by atoms with Gasteiger partial charge in [0.25, 0.3) is 0 Å². The lowest BCUT2D eigenvalue weighted by Gasteiger charge is -2.09. The van der Waals surface area contributed by atoms with E-state index in [1.807, 2.05) is 12.1 Å². The van der Waals surface area contributed by atoms with Crippen LogP contribution < -0.4 is 0 Å². The molecule has 0 aliphatic heterocycles. The largest absolute Gasteiger partial charge is 0.351 e. The zero-order valence-electron chi connectivity index (χ0n) is 8.44. The van der Waals surface area contributed by atoms with Crippen LogP contribution in [0.4, 0.5) is 0 Å². The van der Waals surface area contributed by atoms with Gasteiger partial charge in [0, 0.05) is 16.3 Å². The summed E-state index contributed by atoms with van der Waals surface area (Å²) in [6.07, 6.45) is 2.53. The molecule has 0 saturated carbocycles. The highest BCUT2D eigenvalue weighted by molar-refractivity contribution is 9.10. The zero-order valence-corrected chi connectivity index (χ0v) is 10.8. The maximum Gasteiger partial charge on any atom is 0.179 e. The molecule has 1 aromatic carbocycles. The Morgan fingerprint density at radius 2 is 2.12 bits per heavy atom. The van der Waals surface area contributed by atoms with Crippen LogP contribution >= 0.6 is 27.5 Å². The van der Waals surface area contributed by atoms with E-state index in [0.717, 1.165) is 39.5 Å². The molecule has 2 aromatic rings. The normalized spacial score (nSPS) is 15.5. The Morgan fingerprint density at radius 1 is 1.31 bits per heavy atom. The van der Waals surface area contributed by atoms with Crippen molar-refractivity contribution >= 4 is 44.2 Å². The Hall–Kier alpha value is -0.800. The molecule has 1 heterocycles. The van der Waals surface area contributed by atoms with E-state index in [2.05, 4.69) is 20.9 Å². The van der Waals surface area contributed by atoms with Crippen molar-refractivity contribution in [2.24, 2.45) is 0 Å². The van der Waals surface area contributed by atoms with Gasteiger partial charge in [0.05, 0.1) is 16.2 Å². The Morgan fingerprint density at radius 3 is 2.94 bits per heavy atom. The summed E-state index contributed by atoms with van der Waals surface area (Å²) in [5.41, 5.74) is 2.75. The number of aromatic amines is 1. The molecule has 1 aliphatic rings. The van der Waals surface area contributed by atoms with Crippen molar-refractivity contribution in [3.63, 3.8) is 0 Å². The molecule has 82 valence electrons. The lowest BCUT2D eigenvalue weighted by Crippen LogP contribution is -2.09. The van der Waals surface area contributed by atoms with Crippen molar-refractivity contribution in [2.75, 3.05) is 0 Å². The summed E-state index contributed by atoms with van der Waals surface area (Å²) >= 11 is 9.59. The van der Waals surface area contributed by atoms with Crippen LogP contribution in [0.25, 0.3) is 10.9 Å². The third-order valence-electron chi connectivity index (χ3n) is 3.08. The molecule has 0 saturated heterocycles. The third-order valence-corrected chi connectivity index (χ3v) is 4.36. The molecule has 0 amide bonds. The minimum absolute atomic E-state index is 0.199. The molecular weight excluding hydrogens is 289 g/mol. The zero-order chi connectivity index (χ0) is 11.3. The lowest BCUT2D eigenvalue weighted by molar-refractivity contribution is 0.0968. The number of rotatable bonds is 0. The van der Waals surface area contributed by atoms with Gasteiger partial charge < -0.3 is 4.98 Å². The number of aryl methyl sites for hydroxylation is 1. The van der Waals surface area contributed by atoms with E-state index < -0.39 is 0 Å². The molecule has 1 aliphatic carbocycles. The molecule has 3 rings (SSSR count). The number of H-pyrrole nitrogens is 1. The van der Waals surface area contributed by atoms with E-state index in [4.69, 9.17) is 11.6 Å². The quantitative estimate of drug-likeness (QED) is 0.780. The first-order valence-corrected chi connectivity index (χ1v) is 6.37. The number of hydrogen-bond donors (Lipinski definition) is 1. The average molecular weight is 299 g/mol. The monoisotopic (exact) mass is 297 g/mol. The first kappa shape index (κ1) is 10.4. The Bertz CT molecular complexity index is 603. The fourth-order valence-electron chi connectivity index (χ4n) is 2.31. The number of benzene rings is 1. The summed E-state index contributed by atoms with van der Waals surface area (Å²) in [4.78, 5) is 14.9. The van der Waals surface area contributed by atoms with Crippen molar-refractivity contribution in [2.45, 2.75) is 19.3 Å². The molecular formula is C12H9BrClNO. The second-order valence-electron chi connectivity index (χ2n) is 4.04. The minimum atomic E-state index is 0.199. The SMILES string of the molecule is O=C1CCCc2c1[nH]c1c(Cl)c(Br)ccc21. The molecule has 0 radical (unpaired) electrons. The number of Topliss-reactive ketones (excluding diaryl/α,β-unsaturated/α-hetero) is 1. The molecule has 0 atom stereocenters. The van der Waals surface area contributed by atoms with E-state index in [0.29, 0.717) is 11.4 Å². The Kier molecular flexibility index (Phi) is 2.33. The molecule has 0 fully saturated rings. The maximum atomic E-state index is 11.8. The highest BCUT2D eigenvalue weighted by Gasteiger charge is 2.22. The number of carbonyl (C=O) groups excluding carboxylic acids is 1. The van der Waals surface area contributed by atoms with Crippen molar-refractivity contribution in [1.29, 1.82) is 0 Å². The predicted octanol–water partition coefficient (Wildman–Crippen LogP) is 4.10. The topological polar surface area (TPSA) is 32.9 Å². The molecule has 2 nitrogen and oxygen atoms in total. The van der Waals surface area contributed by atoms with Crippen LogP contribution in [0.15, 0.2) is 16.6 Å². The number of fused-ring (bicyclic) bond motifs is 3. The summed E-state index contributed by atoms with van der Waals surface area (Å²) in [6.45, 7) is 0. The van der Waals surface area contributed by atoms with Gasteiger partial charge in [0.2, 0.25) is 0 Å². The summed E-state index contributed by atoms with van der Waals surface area (Å²) in [5, 5.41) is 1.73. The number of carbonyl (C=O) groups is 1. The standard InChI is InChI=1S/C12H9BrClNO/c13-8-5-4-7-6-2-1-3-9(16)11(6)15-12(7)10(8)14/h4-5,15H,1-3H2. The average Bonchev–Trinajstić information content (AvgIpc) is 2.65. The minimum Gasteiger partial charge on any atom is -0.351 e. The first-order valence-electron chi connectivity index (χ1n) is 5.20. The highest BCUT2D eigenvalue weighted by atomic mass is 79.9. The van der Waals surface area contributed by atoms with Crippen molar-refractivity contribution in [3.8, 4) is 0 Å². The van der Waals surface area contributed by atoms with Gasteiger partial charge in [-0.3, -0.25) is 4.79 Å². The summed E-state index contributed by atoms with van der Waals surface area (Å²) in [7, 11) is 0. The van der Waals surface area contributed by atoms with Crippen molar-refractivity contribution in [1.82, 2.24) is 4.98 Å². The van der Waals surface area contributed by atoms with Gasteiger partial charge in [0.1, 0.15) is 0 Å². The highest BCUT2D eigenvalue weighted by Crippen LogP contribution is 2.36. The second-order valence-corrected chi connectivity index (χ2v) is 5.27. The first-order chi connectivity index (χ1) is 7.68. The van der Waals surface area contributed by atoms with E-state index in [1.165, 1.54) is 0 Å². The van der Waals surface area contributed by atoms with Crippen molar-refractivity contribution < 1.29 is 4.79 Å². The molecule has 0 spiro atoms. The van der Waals surface area contributed by atoms with E-state index in [9.17, 15) is 4.79 Å². The van der Waals surface area contributed by atoms with Crippen LogP contribution in [0.3, 0.4) is 0 Å². The number of halogens is 2. The smallest absolute Gasteiger partial charge is 0.179 e. The van der Waals surface area contributed by atoms with Gasteiger partial charge in [-0.2, -0.15) is 0 Å². The molecule has 1 aromatic heterocycles. The van der Waals surface area contributed by atoms with Gasteiger partial charge in [-0.15, -0.1) is 0 Å². The number of hydrogen-bond acceptors (Lipinski definition) is 1. The van der Waals surface area contributed by atoms with E-state index >= 15 is 0 Å². The van der Waals surface area contributed by atoms with Gasteiger partial charge in [0.15, 0.2) is 5.78 Å². The fourth-order valence-corrected chi connectivity index (χ4v) is 2.85. The number of nitrogens with one attached hydrogen (secondary N) is 1. The van der Waals surface area contributed by atoms with Crippen molar-refractivity contribution in [3.05, 3.63) is 32.9 Å². The molecule has 0 unspecified atom stereocenters. The van der Waals surface area contributed by atoms with Gasteiger partial charge in [-0.25, -0.2) is 0 Å². The molecule has 0 bridgehead atoms. The van der Waals surface area contributed by atoms with Crippen LogP contribution in [0.2, 0.25) is 5.02 Å². The van der Waals surface area contributed by atoms with E-state index in [-0.39, 0.29) is 5.78 Å². The number of aromatic nitrogens is 1. The summed E-state index contributed by atoms with van der Waals surface area (Å²) < 4.78 is 0.854. The third kappa shape index (κ3) is 1.35. The lowest BCUT2D eigenvalue weighted by atomic mass is 9.95. The predicted molar refractivity (Wildman–Crippen MR) is 68.3 cm³/mol. The number of ketones is 1. The van der Waals surface area contributed by atoms with Crippen LogP contribution in [0.5, 0.6) is 0 Å². The molecule has 1 N–H and O–H groups in total. The van der Waals surface area contributed by atoms with Gasteiger partial charge in [-0.1, -0.05) is 17.7 Å². The fraction of sp³-hybridized carbons (Fsp3) is 0.250. The maximum absolute atomic E-state index is 11.8. The van der Waals surface area contributed by atoms with Crippen LogP contribution in [0, 0.1) is 0 Å². The molecule has 4 heteroatoms. The Balaban J connectivity index is 2.40. The van der Waals surface area contributed by atoms with Crippen LogP contribution in [-0.2, 0) is 6.42 Å². The summed E-state index contributed by atoms with van der Waals surface area (Å²) in [5.74, 6) is 0.199.